The highest BCUT2D eigenvalue weighted by Crippen LogP contribution is 2.30. The lowest BCUT2D eigenvalue weighted by Crippen LogP contribution is -2.28. The first-order chi connectivity index (χ1) is 14.1. The first kappa shape index (κ1) is 19.7. The summed E-state index contributed by atoms with van der Waals surface area (Å²) in [5.41, 5.74) is 0.335. The Balaban J connectivity index is 1.59. The van der Waals surface area contributed by atoms with Crippen molar-refractivity contribution in [1.82, 2.24) is 24.5 Å². The van der Waals surface area contributed by atoms with Gasteiger partial charge < -0.3 is 9.72 Å². The van der Waals surface area contributed by atoms with Crippen molar-refractivity contribution < 1.29 is 4.74 Å². The Hall–Kier alpha value is -2.65. The van der Waals surface area contributed by atoms with E-state index in [2.05, 4.69) is 38.4 Å². The lowest BCUT2D eigenvalue weighted by molar-refractivity contribution is 0.193. The van der Waals surface area contributed by atoms with Crippen LogP contribution in [0.25, 0.3) is 5.52 Å². The van der Waals surface area contributed by atoms with Crippen LogP contribution in [0.1, 0.15) is 36.8 Å². The van der Waals surface area contributed by atoms with Crippen LogP contribution in [0.4, 0.5) is 0 Å². The molecule has 0 amide bonds. The van der Waals surface area contributed by atoms with Crippen LogP contribution in [-0.4, -0.2) is 76.4 Å². The molecule has 154 valence electrons. The quantitative estimate of drug-likeness (QED) is 0.604. The smallest absolute Gasteiger partial charge is 0.276 e. The number of imidazole rings is 1. The molecule has 0 aliphatic carbocycles. The number of H-pyrrole nitrogens is 1. The highest BCUT2D eigenvalue weighted by molar-refractivity contribution is 5.93. The molecule has 0 bridgehead atoms. The molecule has 0 radical (unpaired) electrons. The fourth-order valence-corrected chi connectivity index (χ4v) is 4.18. The maximum Gasteiger partial charge on any atom is 0.276 e. The van der Waals surface area contributed by atoms with Gasteiger partial charge in [0.25, 0.3) is 5.56 Å². The summed E-state index contributed by atoms with van der Waals surface area (Å²) in [4.78, 5) is 31.0. The number of rotatable bonds is 5. The highest BCUT2D eigenvalue weighted by Gasteiger charge is 2.34. The second kappa shape index (κ2) is 8.38. The van der Waals surface area contributed by atoms with Crippen LogP contribution in [0.5, 0.6) is 0 Å². The predicted molar refractivity (Wildman–Crippen MR) is 112 cm³/mol. The number of aromatic nitrogens is 4. The highest BCUT2D eigenvalue weighted by atomic mass is 16.5. The summed E-state index contributed by atoms with van der Waals surface area (Å²) in [5, 5.41) is 4.80. The van der Waals surface area contributed by atoms with Crippen LogP contribution in [0, 0.1) is 5.92 Å². The van der Waals surface area contributed by atoms with Gasteiger partial charge in [-0.25, -0.2) is 14.5 Å². The molecular weight excluding hydrogens is 370 g/mol. The molecule has 2 fully saturated rings. The van der Waals surface area contributed by atoms with E-state index in [0.29, 0.717) is 30.4 Å². The molecule has 2 aliphatic heterocycles. The van der Waals surface area contributed by atoms with Crippen molar-refractivity contribution in [3.8, 4) is 0 Å². The molecule has 2 aliphatic rings. The molecule has 0 saturated carbocycles. The van der Waals surface area contributed by atoms with Gasteiger partial charge in [0.05, 0.1) is 19.3 Å². The fourth-order valence-electron chi connectivity index (χ4n) is 4.18. The van der Waals surface area contributed by atoms with Crippen LogP contribution in [0.2, 0.25) is 0 Å². The van der Waals surface area contributed by atoms with Gasteiger partial charge in [-0.3, -0.25) is 14.7 Å². The van der Waals surface area contributed by atoms with Crippen molar-refractivity contribution in [2.45, 2.75) is 25.2 Å². The second-order valence-electron chi connectivity index (χ2n) is 7.74. The van der Waals surface area contributed by atoms with E-state index in [-0.39, 0.29) is 17.4 Å². The van der Waals surface area contributed by atoms with Gasteiger partial charge in [0.2, 0.25) is 0 Å². The summed E-state index contributed by atoms with van der Waals surface area (Å²) in [7, 11) is 1.74. The van der Waals surface area contributed by atoms with E-state index < -0.39 is 0 Å². The molecule has 3 atom stereocenters. The molecule has 0 aromatic carbocycles. The summed E-state index contributed by atoms with van der Waals surface area (Å²) >= 11 is 0. The normalized spacial score (nSPS) is 26.1. The number of nitrogens with one attached hydrogen (secondary N) is 1. The third-order valence-electron chi connectivity index (χ3n) is 5.73. The van der Waals surface area contributed by atoms with Gasteiger partial charge >= 0.3 is 0 Å². The van der Waals surface area contributed by atoms with Crippen molar-refractivity contribution in [2.24, 2.45) is 15.9 Å². The molecule has 2 saturated heterocycles. The zero-order valence-corrected chi connectivity index (χ0v) is 16.9. The van der Waals surface area contributed by atoms with Crippen LogP contribution in [0.15, 0.2) is 33.6 Å². The fraction of sp³-hybridized carbons (Fsp3) is 0.550. The summed E-state index contributed by atoms with van der Waals surface area (Å²) in [6, 6.07) is 0. The lowest BCUT2D eigenvalue weighted by atomic mass is 9.97. The first-order valence-corrected chi connectivity index (χ1v) is 9.99. The van der Waals surface area contributed by atoms with E-state index in [1.807, 2.05) is 0 Å². The van der Waals surface area contributed by atoms with Gasteiger partial charge in [-0.2, -0.15) is 5.10 Å². The summed E-state index contributed by atoms with van der Waals surface area (Å²) in [6.45, 7) is 9.52. The largest absolute Gasteiger partial charge is 0.381 e. The summed E-state index contributed by atoms with van der Waals surface area (Å²) < 4.78 is 7.21. The van der Waals surface area contributed by atoms with Crippen LogP contribution in [-0.2, 0) is 4.74 Å². The molecule has 29 heavy (non-hydrogen) atoms. The molecular formula is C20H27N7O2. The maximum absolute atomic E-state index is 12.7. The zero-order chi connectivity index (χ0) is 20.4. The minimum Gasteiger partial charge on any atom is -0.381 e. The van der Waals surface area contributed by atoms with Gasteiger partial charge in [-0.1, -0.05) is 19.6 Å². The number of hydrogen-bond acceptors (Lipinski definition) is 6. The number of ether oxygens (including phenoxy) is 1. The Morgan fingerprint density at radius 3 is 3.07 bits per heavy atom. The number of aromatic amines is 1. The average Bonchev–Trinajstić information content (AvgIpc) is 3.44. The van der Waals surface area contributed by atoms with Gasteiger partial charge in [0.15, 0.2) is 5.52 Å². The molecule has 4 heterocycles. The van der Waals surface area contributed by atoms with E-state index in [4.69, 9.17) is 9.84 Å². The second-order valence-corrected chi connectivity index (χ2v) is 7.74. The molecule has 9 nitrogen and oxygen atoms in total. The lowest BCUT2D eigenvalue weighted by Gasteiger charge is -2.15. The number of aliphatic imine (C=N–C) groups is 2. The molecule has 2 aromatic heterocycles. The number of amidine groups is 1. The van der Waals surface area contributed by atoms with Crippen LogP contribution >= 0.6 is 0 Å². The molecule has 1 N–H and O–H groups in total. The summed E-state index contributed by atoms with van der Waals surface area (Å²) in [6.07, 6.45) is 5.80. The number of hydrogen-bond donors (Lipinski definition) is 1. The van der Waals surface area contributed by atoms with Crippen molar-refractivity contribution >= 4 is 17.6 Å². The number of nitrogens with zero attached hydrogens (tertiary/aromatic N) is 6. The SMILES string of the molecule is C=CC=NC(CN1CC(C)C(c2nn3c(C4CCOC4)ncc3c(=O)[nH]2)C1)=NC. The summed E-state index contributed by atoms with van der Waals surface area (Å²) in [5.74, 6) is 2.94. The standard InChI is InChI=1S/C20H27N7O2/c1-4-6-22-17(21-3)11-26-9-13(2)15(10-26)18-24-20(28)16-8-23-19(27(16)25-18)14-5-7-29-12-14/h4,6,8,13-15H,1,5,7,9-12H2,2-3H3,(H,24,25,28). The van der Waals surface area contributed by atoms with Crippen molar-refractivity contribution in [2.75, 3.05) is 39.9 Å². The molecule has 2 aromatic rings. The molecule has 4 rings (SSSR count). The van der Waals surface area contributed by atoms with Gasteiger partial charge in [-0.05, 0) is 12.3 Å². The van der Waals surface area contributed by atoms with Crippen molar-refractivity contribution in [3.05, 3.63) is 40.9 Å². The number of fused-ring (bicyclic) bond motifs is 1. The molecule has 0 spiro atoms. The number of likely N-dealkylation sites (tertiary alicyclic amines) is 1. The Labute approximate surface area is 169 Å². The Morgan fingerprint density at radius 2 is 2.34 bits per heavy atom. The molecule has 3 unspecified atom stereocenters. The first-order valence-electron chi connectivity index (χ1n) is 9.99. The maximum atomic E-state index is 12.7. The van der Waals surface area contributed by atoms with Gasteiger partial charge in [0, 0.05) is 44.8 Å². The Bertz CT molecular complexity index is 1000. The van der Waals surface area contributed by atoms with E-state index >= 15 is 0 Å². The van der Waals surface area contributed by atoms with E-state index in [9.17, 15) is 4.79 Å². The van der Waals surface area contributed by atoms with Gasteiger partial charge in [0.1, 0.15) is 17.5 Å². The minimum absolute atomic E-state index is 0.128. The van der Waals surface area contributed by atoms with E-state index in [1.165, 1.54) is 0 Å². The van der Waals surface area contributed by atoms with Crippen molar-refractivity contribution in [1.29, 1.82) is 0 Å². The zero-order valence-electron chi connectivity index (χ0n) is 16.9. The monoisotopic (exact) mass is 397 g/mol. The van der Waals surface area contributed by atoms with Gasteiger partial charge in [-0.15, -0.1) is 0 Å². The predicted octanol–water partition coefficient (Wildman–Crippen LogP) is 1.24. The average molecular weight is 397 g/mol. The third kappa shape index (κ3) is 3.92. The minimum atomic E-state index is -0.148. The van der Waals surface area contributed by atoms with Crippen molar-refractivity contribution in [3.63, 3.8) is 0 Å². The van der Waals surface area contributed by atoms with Crippen LogP contribution in [0.3, 0.4) is 0 Å². The third-order valence-corrected chi connectivity index (χ3v) is 5.73. The van der Waals surface area contributed by atoms with Crippen LogP contribution < -0.4 is 5.56 Å². The molecule has 9 heteroatoms. The Morgan fingerprint density at radius 1 is 1.48 bits per heavy atom. The Kier molecular flexibility index (Phi) is 5.68. The van der Waals surface area contributed by atoms with E-state index in [1.54, 1.807) is 30.1 Å². The van der Waals surface area contributed by atoms with E-state index in [0.717, 1.165) is 37.8 Å². The number of allylic oxidation sites excluding steroid dienone is 1. The topological polar surface area (TPSA) is 100 Å².